The van der Waals surface area contributed by atoms with E-state index in [4.69, 9.17) is 0 Å². The summed E-state index contributed by atoms with van der Waals surface area (Å²) in [4.78, 5) is 39.1. The van der Waals surface area contributed by atoms with Crippen molar-refractivity contribution in [3.8, 4) is 0 Å². The molecule has 30 heavy (non-hydrogen) atoms. The molecule has 3 rings (SSSR count). The number of imide groups is 1. The van der Waals surface area contributed by atoms with Crippen LogP contribution in [0.25, 0.3) is 0 Å². The molecule has 0 aliphatic carbocycles. The van der Waals surface area contributed by atoms with Gasteiger partial charge in [-0.2, -0.15) is 0 Å². The van der Waals surface area contributed by atoms with Gasteiger partial charge >= 0.3 is 6.03 Å². The van der Waals surface area contributed by atoms with Crippen LogP contribution >= 0.6 is 0 Å². The smallest absolute Gasteiger partial charge is 0.325 e. The van der Waals surface area contributed by atoms with E-state index in [0.717, 1.165) is 21.6 Å². The van der Waals surface area contributed by atoms with Crippen molar-refractivity contribution in [2.24, 2.45) is 0 Å². The first-order valence-corrected chi connectivity index (χ1v) is 9.94. The Labute approximate surface area is 175 Å². The van der Waals surface area contributed by atoms with E-state index in [1.807, 2.05) is 39.0 Å². The Bertz CT molecular complexity index is 990. The van der Waals surface area contributed by atoms with E-state index in [-0.39, 0.29) is 19.0 Å². The van der Waals surface area contributed by atoms with Crippen LogP contribution in [-0.2, 0) is 15.1 Å². The molecule has 0 saturated carbocycles. The molecule has 0 aromatic heterocycles. The minimum atomic E-state index is -1.30. The predicted molar refractivity (Wildman–Crippen MR) is 111 cm³/mol. The number of benzene rings is 2. The van der Waals surface area contributed by atoms with Crippen molar-refractivity contribution in [1.82, 2.24) is 15.5 Å². The number of halogens is 1. The Morgan fingerprint density at radius 3 is 2.40 bits per heavy atom. The molecular formula is C23H26FN3O3. The second-order valence-electron chi connectivity index (χ2n) is 7.72. The highest BCUT2D eigenvalue weighted by Gasteiger charge is 2.51. The van der Waals surface area contributed by atoms with Crippen molar-refractivity contribution in [3.05, 3.63) is 70.5 Å². The summed E-state index contributed by atoms with van der Waals surface area (Å²) in [7, 11) is 0. The van der Waals surface area contributed by atoms with Crippen molar-refractivity contribution in [1.29, 1.82) is 0 Å². The molecule has 2 aromatic rings. The SMILES string of the molecule is CC[C@@]1(c2ccc(F)cc2)NC(=O)N(CC(=O)N[C@@H](C)c2ccc(C)c(C)c2)C1=O. The highest BCUT2D eigenvalue weighted by molar-refractivity contribution is 6.09. The molecule has 2 N–H and O–H groups in total. The van der Waals surface area contributed by atoms with E-state index in [1.165, 1.54) is 24.3 Å². The van der Waals surface area contributed by atoms with Gasteiger partial charge in [-0.25, -0.2) is 9.18 Å². The van der Waals surface area contributed by atoms with Crippen LogP contribution in [-0.4, -0.2) is 29.3 Å². The zero-order valence-electron chi connectivity index (χ0n) is 17.6. The first kappa shape index (κ1) is 21.5. The second kappa shape index (κ2) is 8.26. The number of urea groups is 1. The molecule has 2 aromatic carbocycles. The van der Waals surface area contributed by atoms with E-state index >= 15 is 0 Å². The summed E-state index contributed by atoms with van der Waals surface area (Å²) in [5.41, 5.74) is 2.40. The molecule has 158 valence electrons. The van der Waals surface area contributed by atoms with Crippen LogP contribution in [0.2, 0.25) is 0 Å². The normalized spacial score (nSPS) is 19.6. The van der Waals surface area contributed by atoms with Gasteiger partial charge in [0.1, 0.15) is 17.9 Å². The molecular weight excluding hydrogens is 385 g/mol. The van der Waals surface area contributed by atoms with Crippen molar-refractivity contribution in [3.63, 3.8) is 0 Å². The third-order valence-corrected chi connectivity index (χ3v) is 5.75. The summed E-state index contributed by atoms with van der Waals surface area (Å²) in [6.45, 7) is 7.24. The summed E-state index contributed by atoms with van der Waals surface area (Å²) in [5.74, 6) is -1.39. The lowest BCUT2D eigenvalue weighted by Gasteiger charge is -2.25. The standard InChI is InChI=1S/C23H26FN3O3/c1-5-23(18-8-10-19(24)11-9-18)21(29)27(22(30)26-23)13-20(28)25-16(4)17-7-6-14(2)15(3)12-17/h6-12,16H,5,13H2,1-4H3,(H,25,28)(H,26,30)/t16-,23-/m0/s1. The number of nitrogens with one attached hydrogen (secondary N) is 2. The summed E-state index contributed by atoms with van der Waals surface area (Å²) in [6, 6.07) is 10.5. The number of rotatable bonds is 6. The van der Waals surface area contributed by atoms with Crippen LogP contribution in [0, 0.1) is 19.7 Å². The van der Waals surface area contributed by atoms with E-state index in [1.54, 1.807) is 6.92 Å². The number of hydrogen-bond acceptors (Lipinski definition) is 3. The van der Waals surface area contributed by atoms with Gasteiger partial charge in [0.25, 0.3) is 5.91 Å². The molecule has 1 aliphatic heterocycles. The topological polar surface area (TPSA) is 78.5 Å². The fourth-order valence-electron chi connectivity index (χ4n) is 3.69. The molecule has 2 atom stereocenters. The molecule has 0 bridgehead atoms. The number of carbonyl (C=O) groups is 3. The first-order chi connectivity index (χ1) is 14.2. The predicted octanol–water partition coefficient (Wildman–Crippen LogP) is 3.48. The van der Waals surface area contributed by atoms with Crippen LogP contribution in [0.4, 0.5) is 9.18 Å². The number of carbonyl (C=O) groups excluding carboxylic acids is 3. The van der Waals surface area contributed by atoms with Gasteiger partial charge in [0.2, 0.25) is 5.91 Å². The van der Waals surface area contributed by atoms with Crippen LogP contribution in [0.5, 0.6) is 0 Å². The fourth-order valence-corrected chi connectivity index (χ4v) is 3.69. The Kier molecular flexibility index (Phi) is 5.92. The van der Waals surface area contributed by atoms with Crippen LogP contribution in [0.15, 0.2) is 42.5 Å². The maximum atomic E-state index is 13.3. The van der Waals surface area contributed by atoms with Crippen molar-refractivity contribution in [2.45, 2.75) is 45.7 Å². The molecule has 1 heterocycles. The molecule has 1 fully saturated rings. The molecule has 0 unspecified atom stereocenters. The quantitative estimate of drug-likeness (QED) is 0.715. The van der Waals surface area contributed by atoms with Crippen LogP contribution in [0.3, 0.4) is 0 Å². The molecule has 7 heteroatoms. The molecule has 6 nitrogen and oxygen atoms in total. The maximum absolute atomic E-state index is 13.3. The molecule has 1 saturated heterocycles. The maximum Gasteiger partial charge on any atom is 0.325 e. The van der Waals surface area contributed by atoms with Gasteiger partial charge in [-0.3, -0.25) is 14.5 Å². The van der Waals surface area contributed by atoms with Crippen LogP contribution < -0.4 is 10.6 Å². The monoisotopic (exact) mass is 411 g/mol. The van der Waals surface area contributed by atoms with Gasteiger partial charge in [0, 0.05) is 0 Å². The Balaban J connectivity index is 1.73. The highest BCUT2D eigenvalue weighted by atomic mass is 19.1. The fraction of sp³-hybridized carbons (Fsp3) is 0.348. The van der Waals surface area contributed by atoms with Gasteiger partial charge in [-0.1, -0.05) is 37.3 Å². The Morgan fingerprint density at radius 1 is 1.13 bits per heavy atom. The zero-order chi connectivity index (χ0) is 22.1. The lowest BCUT2D eigenvalue weighted by Crippen LogP contribution is -2.45. The minimum absolute atomic E-state index is 0.273. The number of aryl methyl sites for hydroxylation is 2. The first-order valence-electron chi connectivity index (χ1n) is 9.94. The van der Waals surface area contributed by atoms with Gasteiger partial charge in [-0.05, 0) is 61.6 Å². The van der Waals surface area contributed by atoms with Gasteiger partial charge in [-0.15, -0.1) is 0 Å². The van der Waals surface area contributed by atoms with Gasteiger partial charge in [0.05, 0.1) is 6.04 Å². The molecule has 0 spiro atoms. The summed E-state index contributed by atoms with van der Waals surface area (Å²) >= 11 is 0. The average Bonchev–Trinajstić information content (AvgIpc) is 2.95. The van der Waals surface area contributed by atoms with Crippen molar-refractivity contribution in [2.75, 3.05) is 6.54 Å². The van der Waals surface area contributed by atoms with Crippen molar-refractivity contribution < 1.29 is 18.8 Å². The number of amides is 4. The largest absolute Gasteiger partial charge is 0.348 e. The Hall–Kier alpha value is -3.22. The lowest BCUT2D eigenvalue weighted by atomic mass is 9.87. The third-order valence-electron chi connectivity index (χ3n) is 5.75. The Morgan fingerprint density at radius 2 is 1.80 bits per heavy atom. The highest BCUT2D eigenvalue weighted by Crippen LogP contribution is 2.32. The summed E-state index contributed by atoms with van der Waals surface area (Å²) in [6.07, 6.45) is 0.278. The van der Waals surface area contributed by atoms with Gasteiger partial charge in [0.15, 0.2) is 0 Å². The summed E-state index contributed by atoms with van der Waals surface area (Å²) in [5, 5.41) is 5.53. The lowest BCUT2D eigenvalue weighted by molar-refractivity contribution is -0.135. The van der Waals surface area contributed by atoms with Crippen molar-refractivity contribution >= 4 is 17.8 Å². The minimum Gasteiger partial charge on any atom is -0.348 e. The summed E-state index contributed by atoms with van der Waals surface area (Å²) < 4.78 is 13.3. The van der Waals surface area contributed by atoms with Gasteiger partial charge < -0.3 is 10.6 Å². The number of nitrogens with zero attached hydrogens (tertiary/aromatic N) is 1. The third kappa shape index (κ3) is 3.92. The average molecular weight is 411 g/mol. The van der Waals surface area contributed by atoms with E-state index < -0.39 is 29.2 Å². The molecule has 1 aliphatic rings. The van der Waals surface area contributed by atoms with E-state index in [9.17, 15) is 18.8 Å². The van der Waals surface area contributed by atoms with E-state index in [2.05, 4.69) is 10.6 Å². The second-order valence-corrected chi connectivity index (χ2v) is 7.72. The van der Waals surface area contributed by atoms with E-state index in [0.29, 0.717) is 5.56 Å². The van der Waals surface area contributed by atoms with Crippen LogP contribution in [0.1, 0.15) is 48.6 Å². The molecule has 4 amide bonds. The number of hydrogen-bond donors (Lipinski definition) is 2. The molecule has 0 radical (unpaired) electrons. The zero-order valence-corrected chi connectivity index (χ0v) is 17.6.